The Labute approximate surface area is 186 Å². The van der Waals surface area contributed by atoms with Crippen molar-refractivity contribution in [2.75, 3.05) is 19.7 Å². The summed E-state index contributed by atoms with van der Waals surface area (Å²) in [5.41, 5.74) is 0. The van der Waals surface area contributed by atoms with Crippen molar-refractivity contribution in [3.05, 3.63) is 11.6 Å². The number of fused-ring (bicyclic) bond motifs is 1. The fourth-order valence-electron chi connectivity index (χ4n) is 3.96. The van der Waals surface area contributed by atoms with Crippen molar-refractivity contribution in [1.82, 2.24) is 25.4 Å². The van der Waals surface area contributed by atoms with E-state index in [9.17, 15) is 0 Å². The summed E-state index contributed by atoms with van der Waals surface area (Å²) in [6.07, 6.45) is 13.0. The van der Waals surface area contributed by atoms with Crippen LogP contribution in [0.4, 0.5) is 0 Å². The minimum atomic E-state index is 0. The van der Waals surface area contributed by atoms with Gasteiger partial charge < -0.3 is 19.9 Å². The molecule has 0 spiro atoms. The van der Waals surface area contributed by atoms with E-state index >= 15 is 0 Å². The molecule has 2 heterocycles. The van der Waals surface area contributed by atoms with Gasteiger partial charge in [-0.05, 0) is 32.6 Å². The Bertz CT molecular complexity index is 583. The van der Waals surface area contributed by atoms with Crippen LogP contribution in [0.1, 0.15) is 76.4 Å². The average Bonchev–Trinajstić information content (AvgIpc) is 2.88. The van der Waals surface area contributed by atoms with Crippen LogP contribution in [-0.4, -0.2) is 46.5 Å². The lowest BCUT2D eigenvalue weighted by Crippen LogP contribution is -2.39. The van der Waals surface area contributed by atoms with Gasteiger partial charge in [-0.25, -0.2) is 4.99 Å². The molecule has 0 radical (unpaired) electrons. The average molecular weight is 504 g/mol. The maximum absolute atomic E-state index is 6.06. The van der Waals surface area contributed by atoms with E-state index in [1.54, 1.807) is 0 Å². The summed E-state index contributed by atoms with van der Waals surface area (Å²) in [5, 5.41) is 15.4. The number of hydrogen-bond donors (Lipinski definition) is 2. The number of nitrogens with zero attached hydrogens (tertiary/aromatic N) is 4. The summed E-state index contributed by atoms with van der Waals surface area (Å²) in [4.78, 5) is 4.71. The summed E-state index contributed by atoms with van der Waals surface area (Å²) in [6.45, 7) is 6.02. The number of guanidine groups is 1. The molecule has 0 bridgehead atoms. The van der Waals surface area contributed by atoms with Crippen molar-refractivity contribution in [3.63, 3.8) is 0 Å². The second kappa shape index (κ2) is 13.3. The molecule has 1 aromatic heterocycles. The summed E-state index contributed by atoms with van der Waals surface area (Å²) in [5.74, 6) is 2.92. The Hall–Kier alpha value is -0.900. The molecule has 1 fully saturated rings. The Morgan fingerprint density at radius 3 is 2.64 bits per heavy atom. The zero-order valence-corrected chi connectivity index (χ0v) is 19.6. The van der Waals surface area contributed by atoms with E-state index in [2.05, 4.69) is 32.3 Å². The number of halogens is 1. The first-order valence-electron chi connectivity index (χ1n) is 10.9. The van der Waals surface area contributed by atoms with Crippen LogP contribution >= 0.6 is 24.0 Å². The minimum absolute atomic E-state index is 0. The van der Waals surface area contributed by atoms with Gasteiger partial charge in [0.2, 0.25) is 0 Å². The van der Waals surface area contributed by atoms with Crippen molar-refractivity contribution < 1.29 is 4.74 Å². The smallest absolute Gasteiger partial charge is 0.191 e. The summed E-state index contributed by atoms with van der Waals surface area (Å²) in [7, 11) is 0. The first-order chi connectivity index (χ1) is 13.4. The second-order valence-electron chi connectivity index (χ2n) is 7.60. The van der Waals surface area contributed by atoms with Gasteiger partial charge >= 0.3 is 0 Å². The van der Waals surface area contributed by atoms with E-state index in [-0.39, 0.29) is 24.0 Å². The second-order valence-corrected chi connectivity index (χ2v) is 7.60. The van der Waals surface area contributed by atoms with Gasteiger partial charge in [0.15, 0.2) is 11.8 Å². The van der Waals surface area contributed by atoms with E-state index < -0.39 is 0 Å². The van der Waals surface area contributed by atoms with E-state index in [1.807, 2.05) is 0 Å². The molecule has 0 atom stereocenters. The van der Waals surface area contributed by atoms with Crippen LogP contribution in [0.2, 0.25) is 0 Å². The maximum atomic E-state index is 6.06. The summed E-state index contributed by atoms with van der Waals surface area (Å²) < 4.78 is 8.32. The molecule has 8 heteroatoms. The highest BCUT2D eigenvalue weighted by atomic mass is 127. The first kappa shape index (κ1) is 23.4. The van der Waals surface area contributed by atoms with Crippen LogP contribution in [-0.2, 0) is 24.2 Å². The van der Waals surface area contributed by atoms with Crippen molar-refractivity contribution in [2.24, 2.45) is 4.99 Å². The largest absolute Gasteiger partial charge is 0.376 e. The van der Waals surface area contributed by atoms with Gasteiger partial charge in [-0.15, -0.1) is 34.2 Å². The third-order valence-corrected chi connectivity index (χ3v) is 5.46. The number of nitrogens with one attached hydrogen (secondary N) is 2. The van der Waals surface area contributed by atoms with Gasteiger partial charge in [0, 0.05) is 26.1 Å². The number of hydrogen-bond acceptors (Lipinski definition) is 4. The van der Waals surface area contributed by atoms with Gasteiger partial charge in [-0.1, -0.05) is 32.1 Å². The molecular formula is C20H37IN6O. The summed E-state index contributed by atoms with van der Waals surface area (Å²) >= 11 is 0. The highest BCUT2D eigenvalue weighted by Crippen LogP contribution is 2.19. The topological polar surface area (TPSA) is 76.4 Å². The van der Waals surface area contributed by atoms with Crippen LogP contribution in [0, 0.1) is 0 Å². The first-order valence-corrected chi connectivity index (χ1v) is 10.9. The van der Waals surface area contributed by atoms with E-state index in [0.717, 1.165) is 50.3 Å². The van der Waals surface area contributed by atoms with E-state index in [4.69, 9.17) is 9.73 Å². The van der Waals surface area contributed by atoms with Crippen LogP contribution in [0.5, 0.6) is 0 Å². The number of aryl methyl sites for hydroxylation is 1. The van der Waals surface area contributed by atoms with Gasteiger partial charge in [-0.2, -0.15) is 0 Å². The zero-order chi connectivity index (χ0) is 18.7. The van der Waals surface area contributed by atoms with E-state index in [1.165, 1.54) is 57.8 Å². The molecular weight excluding hydrogens is 467 g/mol. The number of rotatable bonds is 7. The molecule has 1 saturated carbocycles. The lowest BCUT2D eigenvalue weighted by atomic mass is 10.1. The molecule has 0 saturated heterocycles. The molecule has 160 valence electrons. The number of aromatic nitrogens is 3. The van der Waals surface area contributed by atoms with Gasteiger partial charge in [0.25, 0.3) is 0 Å². The molecule has 0 aromatic carbocycles. The molecule has 3 rings (SSSR count). The van der Waals surface area contributed by atoms with Crippen LogP contribution < -0.4 is 10.6 Å². The molecule has 0 amide bonds. The predicted molar refractivity (Wildman–Crippen MR) is 123 cm³/mol. The highest BCUT2D eigenvalue weighted by molar-refractivity contribution is 14.0. The monoisotopic (exact) mass is 504 g/mol. The standard InChI is InChI=1S/C20H36N6O.HI/c1-2-21-20(22-13-15-27-17-10-6-3-4-7-11-17)23-16-19-25-24-18-12-8-5-9-14-26(18)19;/h17H,2-16H2,1H3,(H2,21,22,23);1H. The lowest BCUT2D eigenvalue weighted by Gasteiger charge is -2.16. The van der Waals surface area contributed by atoms with Gasteiger partial charge in [-0.3, -0.25) is 0 Å². The molecule has 28 heavy (non-hydrogen) atoms. The third-order valence-electron chi connectivity index (χ3n) is 5.46. The highest BCUT2D eigenvalue weighted by Gasteiger charge is 2.15. The lowest BCUT2D eigenvalue weighted by molar-refractivity contribution is 0.0468. The minimum Gasteiger partial charge on any atom is -0.376 e. The van der Waals surface area contributed by atoms with Crippen molar-refractivity contribution in [2.45, 2.75) is 90.3 Å². The Kier molecular flexibility index (Phi) is 11.1. The van der Waals surface area contributed by atoms with Crippen molar-refractivity contribution >= 4 is 29.9 Å². The molecule has 7 nitrogen and oxygen atoms in total. The van der Waals surface area contributed by atoms with Gasteiger partial charge in [0.05, 0.1) is 12.7 Å². The molecule has 1 aromatic rings. The van der Waals surface area contributed by atoms with Crippen LogP contribution in [0.25, 0.3) is 0 Å². The van der Waals surface area contributed by atoms with Crippen LogP contribution in [0.15, 0.2) is 4.99 Å². The number of aliphatic imine (C=N–C) groups is 1. The van der Waals surface area contributed by atoms with Crippen molar-refractivity contribution in [1.29, 1.82) is 0 Å². The molecule has 0 unspecified atom stereocenters. The molecule has 1 aliphatic carbocycles. The normalized spacial score (nSPS) is 18.5. The summed E-state index contributed by atoms with van der Waals surface area (Å²) in [6, 6.07) is 0. The quantitative estimate of drug-likeness (QED) is 0.196. The molecule has 2 aliphatic rings. The maximum Gasteiger partial charge on any atom is 0.191 e. The predicted octanol–water partition coefficient (Wildman–Crippen LogP) is 3.42. The molecule has 1 aliphatic heterocycles. The SMILES string of the molecule is CCNC(=NCc1nnc2n1CCCCC2)NCCOC1CCCCCC1.I. The Balaban J connectivity index is 0.00000280. The van der Waals surface area contributed by atoms with E-state index in [0.29, 0.717) is 12.6 Å². The zero-order valence-electron chi connectivity index (χ0n) is 17.3. The fourth-order valence-corrected chi connectivity index (χ4v) is 3.96. The number of ether oxygens (including phenoxy) is 1. The Morgan fingerprint density at radius 2 is 1.86 bits per heavy atom. The van der Waals surface area contributed by atoms with Crippen LogP contribution in [0.3, 0.4) is 0 Å². The Morgan fingerprint density at radius 1 is 1.07 bits per heavy atom. The van der Waals surface area contributed by atoms with Crippen molar-refractivity contribution in [3.8, 4) is 0 Å². The molecule has 2 N–H and O–H groups in total. The fraction of sp³-hybridized carbons (Fsp3) is 0.850. The van der Waals surface area contributed by atoms with Gasteiger partial charge in [0.1, 0.15) is 12.4 Å². The third kappa shape index (κ3) is 7.50.